The number of anilines is 1. The number of halogens is 1. The minimum atomic E-state index is -0.631. The van der Waals surface area contributed by atoms with Crippen molar-refractivity contribution in [1.29, 1.82) is 0 Å². The van der Waals surface area contributed by atoms with Crippen molar-refractivity contribution >= 4 is 11.4 Å². The van der Waals surface area contributed by atoms with E-state index < -0.39 is 10.7 Å². The summed E-state index contributed by atoms with van der Waals surface area (Å²) in [5.74, 6) is -0.631. The van der Waals surface area contributed by atoms with Gasteiger partial charge in [0.1, 0.15) is 0 Å². The Balaban J connectivity index is 1.95. The third kappa shape index (κ3) is 2.82. The molecule has 0 amide bonds. The molecule has 1 aromatic carbocycles. The van der Waals surface area contributed by atoms with Crippen molar-refractivity contribution in [2.45, 2.75) is 6.42 Å². The molecule has 94 valence electrons. The molecule has 0 aliphatic heterocycles. The first-order valence-corrected chi connectivity index (χ1v) is 5.32. The molecule has 0 aliphatic carbocycles. The van der Waals surface area contributed by atoms with E-state index in [0.29, 0.717) is 13.0 Å². The maximum absolute atomic E-state index is 13.5. The molecule has 0 spiro atoms. The summed E-state index contributed by atoms with van der Waals surface area (Å²) < 4.78 is 13.5. The molecule has 0 fully saturated rings. The highest BCUT2D eigenvalue weighted by molar-refractivity contribution is 5.50. The Labute approximate surface area is 102 Å². The zero-order valence-electron chi connectivity index (χ0n) is 9.39. The molecule has 7 heteroatoms. The summed E-state index contributed by atoms with van der Waals surface area (Å²) in [5, 5.41) is 13.3. The maximum atomic E-state index is 13.5. The van der Waals surface area contributed by atoms with Crippen LogP contribution in [0.1, 0.15) is 5.69 Å². The van der Waals surface area contributed by atoms with Gasteiger partial charge in [0.05, 0.1) is 23.0 Å². The van der Waals surface area contributed by atoms with Crippen LogP contribution in [0.3, 0.4) is 0 Å². The molecule has 1 heterocycles. The highest BCUT2D eigenvalue weighted by Gasteiger charge is 2.10. The Morgan fingerprint density at radius 3 is 2.94 bits per heavy atom. The van der Waals surface area contributed by atoms with Gasteiger partial charge in [-0.05, 0) is 6.07 Å². The van der Waals surface area contributed by atoms with E-state index in [1.807, 2.05) is 0 Å². The molecule has 0 saturated heterocycles. The Kier molecular flexibility index (Phi) is 3.52. The summed E-state index contributed by atoms with van der Waals surface area (Å²) in [7, 11) is 0. The lowest BCUT2D eigenvalue weighted by molar-refractivity contribution is -0.385. The number of hydrogen-bond donors (Lipinski definition) is 2. The average molecular weight is 250 g/mol. The second-order valence-corrected chi connectivity index (χ2v) is 3.67. The molecule has 1 aromatic heterocycles. The second-order valence-electron chi connectivity index (χ2n) is 3.67. The number of nitrogens with zero attached hydrogens (tertiary/aromatic N) is 2. The van der Waals surface area contributed by atoms with E-state index in [0.717, 1.165) is 11.8 Å². The molecular weight excluding hydrogens is 239 g/mol. The number of nitro groups is 1. The fraction of sp³-hybridized carbons (Fsp3) is 0.182. The number of H-pyrrole nitrogens is 1. The van der Waals surface area contributed by atoms with Gasteiger partial charge in [0.15, 0.2) is 5.82 Å². The van der Waals surface area contributed by atoms with E-state index in [1.54, 1.807) is 12.5 Å². The standard InChI is InChI=1S/C11H11FN4O2/c12-10-5-9(16(17)18)1-2-11(10)14-4-3-8-6-13-7-15-8/h1-2,5-7,14H,3-4H2,(H,13,15). The number of aromatic nitrogens is 2. The fourth-order valence-electron chi connectivity index (χ4n) is 1.51. The van der Waals surface area contributed by atoms with Crippen molar-refractivity contribution in [1.82, 2.24) is 9.97 Å². The van der Waals surface area contributed by atoms with Crippen LogP contribution in [0.2, 0.25) is 0 Å². The zero-order chi connectivity index (χ0) is 13.0. The number of non-ortho nitro benzene ring substituents is 1. The first-order valence-electron chi connectivity index (χ1n) is 5.32. The van der Waals surface area contributed by atoms with E-state index >= 15 is 0 Å². The molecule has 0 saturated carbocycles. The third-order valence-corrected chi connectivity index (χ3v) is 2.43. The molecule has 2 rings (SSSR count). The predicted molar refractivity (Wildman–Crippen MR) is 63.8 cm³/mol. The van der Waals surface area contributed by atoms with Gasteiger partial charge >= 0.3 is 0 Å². The fourth-order valence-corrected chi connectivity index (χ4v) is 1.51. The van der Waals surface area contributed by atoms with Gasteiger partial charge in [0.2, 0.25) is 0 Å². The van der Waals surface area contributed by atoms with Crippen molar-refractivity contribution in [2.24, 2.45) is 0 Å². The van der Waals surface area contributed by atoms with Gasteiger partial charge in [-0.2, -0.15) is 0 Å². The first kappa shape index (κ1) is 12.0. The number of rotatable bonds is 5. The Hall–Kier alpha value is -2.44. The van der Waals surface area contributed by atoms with Gasteiger partial charge in [-0.25, -0.2) is 9.37 Å². The molecular formula is C11H11FN4O2. The minimum Gasteiger partial charge on any atom is -0.382 e. The van der Waals surface area contributed by atoms with Crippen LogP contribution in [0.5, 0.6) is 0 Å². The van der Waals surface area contributed by atoms with Crippen molar-refractivity contribution in [2.75, 3.05) is 11.9 Å². The number of nitro benzene ring substituents is 1. The van der Waals surface area contributed by atoms with Crippen LogP contribution in [0.4, 0.5) is 15.8 Å². The van der Waals surface area contributed by atoms with Gasteiger partial charge in [-0.3, -0.25) is 10.1 Å². The molecule has 0 unspecified atom stereocenters. The largest absolute Gasteiger partial charge is 0.382 e. The highest BCUT2D eigenvalue weighted by Crippen LogP contribution is 2.20. The molecule has 2 aromatic rings. The molecule has 6 nitrogen and oxygen atoms in total. The van der Waals surface area contributed by atoms with Crippen LogP contribution in [0, 0.1) is 15.9 Å². The van der Waals surface area contributed by atoms with Gasteiger partial charge in [-0.1, -0.05) is 0 Å². The molecule has 0 aliphatic rings. The summed E-state index contributed by atoms with van der Waals surface area (Å²) in [5.41, 5.74) is 0.927. The van der Waals surface area contributed by atoms with Crippen molar-refractivity contribution in [3.8, 4) is 0 Å². The van der Waals surface area contributed by atoms with E-state index in [2.05, 4.69) is 15.3 Å². The number of nitrogens with one attached hydrogen (secondary N) is 2. The van der Waals surface area contributed by atoms with E-state index in [-0.39, 0.29) is 11.4 Å². The van der Waals surface area contributed by atoms with Crippen LogP contribution < -0.4 is 5.32 Å². The molecule has 0 radical (unpaired) electrons. The van der Waals surface area contributed by atoms with Crippen molar-refractivity contribution < 1.29 is 9.31 Å². The lowest BCUT2D eigenvalue weighted by atomic mass is 10.2. The van der Waals surface area contributed by atoms with Gasteiger partial charge in [0.25, 0.3) is 5.69 Å². The Bertz CT molecular complexity index is 542. The predicted octanol–water partition coefficient (Wildman–Crippen LogP) is 2.11. The maximum Gasteiger partial charge on any atom is 0.272 e. The molecule has 18 heavy (non-hydrogen) atoms. The number of benzene rings is 1. The van der Waals surface area contributed by atoms with E-state index in [4.69, 9.17) is 0 Å². The molecule has 0 atom stereocenters. The van der Waals surface area contributed by atoms with Crippen LogP contribution in [-0.2, 0) is 6.42 Å². The topological polar surface area (TPSA) is 83.8 Å². The van der Waals surface area contributed by atoms with E-state index in [9.17, 15) is 14.5 Å². The van der Waals surface area contributed by atoms with Crippen LogP contribution >= 0.6 is 0 Å². The van der Waals surface area contributed by atoms with Crippen molar-refractivity contribution in [3.05, 3.63) is 52.3 Å². The minimum absolute atomic E-state index is 0.250. The van der Waals surface area contributed by atoms with E-state index in [1.165, 1.54) is 12.1 Å². The summed E-state index contributed by atoms with van der Waals surface area (Å²) >= 11 is 0. The zero-order valence-corrected chi connectivity index (χ0v) is 9.39. The average Bonchev–Trinajstić information content (AvgIpc) is 2.84. The van der Waals surface area contributed by atoms with Crippen LogP contribution in [-0.4, -0.2) is 21.4 Å². The summed E-state index contributed by atoms with van der Waals surface area (Å²) in [6.07, 6.45) is 3.92. The quantitative estimate of drug-likeness (QED) is 0.628. The van der Waals surface area contributed by atoms with Crippen LogP contribution in [0.15, 0.2) is 30.7 Å². The van der Waals surface area contributed by atoms with Crippen LogP contribution in [0.25, 0.3) is 0 Å². The molecule has 0 bridgehead atoms. The summed E-state index contributed by atoms with van der Waals surface area (Å²) in [6, 6.07) is 3.53. The summed E-state index contributed by atoms with van der Waals surface area (Å²) in [6.45, 7) is 0.511. The third-order valence-electron chi connectivity index (χ3n) is 2.43. The second kappa shape index (κ2) is 5.26. The number of hydrogen-bond acceptors (Lipinski definition) is 4. The van der Waals surface area contributed by atoms with Gasteiger partial charge in [0, 0.05) is 30.9 Å². The van der Waals surface area contributed by atoms with Gasteiger partial charge < -0.3 is 10.3 Å². The summed E-state index contributed by atoms with van der Waals surface area (Å²) in [4.78, 5) is 16.6. The lowest BCUT2D eigenvalue weighted by Gasteiger charge is -2.06. The smallest absolute Gasteiger partial charge is 0.272 e. The van der Waals surface area contributed by atoms with Gasteiger partial charge in [-0.15, -0.1) is 0 Å². The SMILES string of the molecule is O=[N+]([O-])c1ccc(NCCc2cnc[nH]2)c(F)c1. The number of imidazole rings is 1. The normalized spacial score (nSPS) is 10.3. The first-order chi connectivity index (χ1) is 8.66. The monoisotopic (exact) mass is 250 g/mol. The Morgan fingerprint density at radius 1 is 1.50 bits per heavy atom. The highest BCUT2D eigenvalue weighted by atomic mass is 19.1. The lowest BCUT2D eigenvalue weighted by Crippen LogP contribution is -2.06. The van der Waals surface area contributed by atoms with Crippen molar-refractivity contribution in [3.63, 3.8) is 0 Å². The number of aromatic amines is 1. The Morgan fingerprint density at radius 2 is 2.33 bits per heavy atom. The molecule has 2 N–H and O–H groups in total.